The molecular formula is C13H25NS. The summed E-state index contributed by atoms with van der Waals surface area (Å²) >= 11 is 2.28. The molecule has 2 rings (SSSR count). The molecule has 0 aromatic heterocycles. The molecule has 0 bridgehead atoms. The molecule has 88 valence electrons. The summed E-state index contributed by atoms with van der Waals surface area (Å²) in [5.41, 5.74) is 0. The lowest BCUT2D eigenvalue weighted by atomic mass is 9.91. The van der Waals surface area contributed by atoms with Crippen molar-refractivity contribution in [3.8, 4) is 0 Å². The van der Waals surface area contributed by atoms with E-state index in [1.54, 1.807) is 0 Å². The van der Waals surface area contributed by atoms with Gasteiger partial charge in [-0.1, -0.05) is 33.1 Å². The van der Waals surface area contributed by atoms with Crippen molar-refractivity contribution in [2.45, 2.75) is 81.4 Å². The second-order valence-corrected chi connectivity index (χ2v) is 7.09. The highest BCUT2D eigenvalue weighted by atomic mass is 32.2. The van der Waals surface area contributed by atoms with Crippen molar-refractivity contribution in [3.05, 3.63) is 0 Å². The Morgan fingerprint density at radius 1 is 1.13 bits per heavy atom. The van der Waals surface area contributed by atoms with Gasteiger partial charge in [0.25, 0.3) is 0 Å². The molecule has 1 atom stereocenters. The minimum absolute atomic E-state index is 0.448. The van der Waals surface area contributed by atoms with E-state index in [4.69, 9.17) is 0 Å². The van der Waals surface area contributed by atoms with Crippen LogP contribution in [0, 0.1) is 0 Å². The summed E-state index contributed by atoms with van der Waals surface area (Å²) in [5, 5.41) is 3.92. The Balaban J connectivity index is 2.13. The molecule has 1 aliphatic heterocycles. The van der Waals surface area contributed by atoms with Gasteiger partial charge in [0.2, 0.25) is 0 Å². The van der Waals surface area contributed by atoms with Crippen LogP contribution >= 0.6 is 11.8 Å². The van der Waals surface area contributed by atoms with E-state index in [1.165, 1.54) is 44.9 Å². The number of nitrogens with one attached hydrogen (secondary N) is 1. The zero-order chi connectivity index (χ0) is 10.9. The molecule has 0 aromatic carbocycles. The summed E-state index contributed by atoms with van der Waals surface area (Å²) in [6.07, 6.45) is 9.71. The van der Waals surface area contributed by atoms with E-state index in [-0.39, 0.29) is 0 Å². The van der Waals surface area contributed by atoms with E-state index in [0.29, 0.717) is 15.7 Å². The topological polar surface area (TPSA) is 12.0 Å². The van der Waals surface area contributed by atoms with Gasteiger partial charge >= 0.3 is 0 Å². The Hall–Kier alpha value is 0.310. The van der Waals surface area contributed by atoms with Crippen molar-refractivity contribution in [1.29, 1.82) is 0 Å². The molecule has 2 heteroatoms. The van der Waals surface area contributed by atoms with Crippen LogP contribution < -0.4 is 5.32 Å². The second-order valence-electron chi connectivity index (χ2n) is 5.29. The van der Waals surface area contributed by atoms with Crippen LogP contribution in [0.4, 0.5) is 0 Å². The Bertz CT molecular complexity index is 217. The third-order valence-electron chi connectivity index (χ3n) is 4.53. The van der Waals surface area contributed by atoms with E-state index < -0.39 is 0 Å². The molecule has 1 aliphatic carbocycles. The van der Waals surface area contributed by atoms with Gasteiger partial charge in [-0.25, -0.2) is 0 Å². The number of hydrogen-bond donors (Lipinski definition) is 1. The summed E-state index contributed by atoms with van der Waals surface area (Å²) in [4.78, 5) is 0.448. The Kier molecular flexibility index (Phi) is 3.37. The van der Waals surface area contributed by atoms with Crippen LogP contribution in [0.5, 0.6) is 0 Å². The van der Waals surface area contributed by atoms with Gasteiger partial charge in [-0.05, 0) is 32.6 Å². The quantitative estimate of drug-likeness (QED) is 0.767. The lowest BCUT2D eigenvalue weighted by molar-refractivity contribution is 0.311. The van der Waals surface area contributed by atoms with Crippen LogP contribution in [0.1, 0.15) is 65.7 Å². The standard InChI is InChI=1S/C13H25NS/c1-4-12(5-2)11(3)14-13(15-12)9-7-6-8-10-13/h11,14H,4-10H2,1-3H3. The smallest absolute Gasteiger partial charge is 0.0653 e. The molecule has 2 aliphatic rings. The molecule has 0 radical (unpaired) electrons. The van der Waals surface area contributed by atoms with Crippen molar-refractivity contribution in [2.24, 2.45) is 0 Å². The summed E-state index contributed by atoms with van der Waals surface area (Å²) in [5.74, 6) is 0. The second kappa shape index (κ2) is 4.29. The molecule has 1 unspecified atom stereocenters. The zero-order valence-electron chi connectivity index (χ0n) is 10.4. The Morgan fingerprint density at radius 2 is 1.73 bits per heavy atom. The molecule has 1 saturated heterocycles. The van der Waals surface area contributed by atoms with E-state index in [2.05, 4.69) is 37.8 Å². The monoisotopic (exact) mass is 227 g/mol. The van der Waals surface area contributed by atoms with Crippen LogP contribution in [0.25, 0.3) is 0 Å². The molecular weight excluding hydrogens is 202 g/mol. The van der Waals surface area contributed by atoms with Crippen molar-refractivity contribution < 1.29 is 0 Å². The van der Waals surface area contributed by atoms with Gasteiger partial charge in [0.15, 0.2) is 0 Å². The molecule has 1 heterocycles. The normalized spacial score (nSPS) is 33.4. The molecule has 0 aromatic rings. The van der Waals surface area contributed by atoms with E-state index in [0.717, 1.165) is 0 Å². The van der Waals surface area contributed by atoms with Crippen LogP contribution in [0.3, 0.4) is 0 Å². The predicted molar refractivity (Wildman–Crippen MR) is 69.3 cm³/mol. The largest absolute Gasteiger partial charge is 0.299 e. The van der Waals surface area contributed by atoms with Crippen LogP contribution in [0.15, 0.2) is 0 Å². The number of hydrogen-bond acceptors (Lipinski definition) is 2. The average molecular weight is 227 g/mol. The first-order valence-corrected chi connectivity index (χ1v) is 7.46. The van der Waals surface area contributed by atoms with Gasteiger partial charge in [0.1, 0.15) is 0 Å². The fourth-order valence-electron chi connectivity index (χ4n) is 3.41. The highest BCUT2D eigenvalue weighted by Crippen LogP contribution is 2.54. The van der Waals surface area contributed by atoms with Crippen molar-refractivity contribution in [2.75, 3.05) is 0 Å². The first-order valence-electron chi connectivity index (χ1n) is 6.64. The first-order chi connectivity index (χ1) is 7.16. The first kappa shape index (κ1) is 11.8. The minimum atomic E-state index is 0.448. The van der Waals surface area contributed by atoms with Crippen LogP contribution in [-0.4, -0.2) is 15.7 Å². The van der Waals surface area contributed by atoms with E-state index in [9.17, 15) is 0 Å². The molecule has 1 spiro atoms. The van der Waals surface area contributed by atoms with Crippen molar-refractivity contribution in [1.82, 2.24) is 5.32 Å². The number of thioether (sulfide) groups is 1. The minimum Gasteiger partial charge on any atom is -0.299 e. The molecule has 1 nitrogen and oxygen atoms in total. The lowest BCUT2D eigenvalue weighted by Gasteiger charge is -2.35. The SMILES string of the molecule is CCC1(CC)SC2(CCCCC2)NC1C. The molecule has 15 heavy (non-hydrogen) atoms. The van der Waals surface area contributed by atoms with E-state index >= 15 is 0 Å². The van der Waals surface area contributed by atoms with Crippen molar-refractivity contribution >= 4 is 11.8 Å². The van der Waals surface area contributed by atoms with Gasteiger partial charge in [-0.2, -0.15) is 0 Å². The van der Waals surface area contributed by atoms with Gasteiger partial charge < -0.3 is 0 Å². The molecule has 2 fully saturated rings. The highest BCUT2D eigenvalue weighted by molar-refractivity contribution is 8.02. The maximum absolute atomic E-state index is 3.92. The van der Waals surface area contributed by atoms with Gasteiger partial charge in [0.05, 0.1) is 4.87 Å². The molecule has 1 N–H and O–H groups in total. The highest BCUT2D eigenvalue weighted by Gasteiger charge is 2.51. The zero-order valence-corrected chi connectivity index (χ0v) is 11.3. The van der Waals surface area contributed by atoms with Gasteiger partial charge in [0, 0.05) is 10.8 Å². The maximum Gasteiger partial charge on any atom is 0.0653 e. The van der Waals surface area contributed by atoms with Gasteiger partial charge in [-0.3, -0.25) is 5.32 Å². The summed E-state index contributed by atoms with van der Waals surface area (Å²) in [6.45, 7) is 7.11. The summed E-state index contributed by atoms with van der Waals surface area (Å²) < 4.78 is 0.511. The molecule has 0 amide bonds. The number of rotatable bonds is 2. The fraction of sp³-hybridized carbons (Fsp3) is 1.00. The van der Waals surface area contributed by atoms with Crippen molar-refractivity contribution in [3.63, 3.8) is 0 Å². The maximum atomic E-state index is 3.92. The summed E-state index contributed by atoms with van der Waals surface area (Å²) in [6, 6.07) is 0.690. The van der Waals surface area contributed by atoms with Crippen LogP contribution in [-0.2, 0) is 0 Å². The molecule has 1 saturated carbocycles. The fourth-order valence-corrected chi connectivity index (χ4v) is 5.44. The third-order valence-corrected chi connectivity index (χ3v) is 6.78. The lowest BCUT2D eigenvalue weighted by Crippen LogP contribution is -2.44. The third kappa shape index (κ3) is 1.95. The Labute approximate surface area is 98.8 Å². The van der Waals surface area contributed by atoms with Gasteiger partial charge in [-0.15, -0.1) is 11.8 Å². The predicted octanol–water partition coefficient (Wildman–Crippen LogP) is 3.93. The van der Waals surface area contributed by atoms with E-state index in [1.807, 2.05) is 0 Å². The average Bonchev–Trinajstić information content (AvgIpc) is 2.53. The van der Waals surface area contributed by atoms with Crippen LogP contribution in [0.2, 0.25) is 0 Å². The summed E-state index contributed by atoms with van der Waals surface area (Å²) in [7, 11) is 0. The Morgan fingerprint density at radius 3 is 2.20 bits per heavy atom.